The van der Waals surface area contributed by atoms with Crippen LogP contribution >= 0.6 is 0 Å². The largest absolute Gasteiger partial charge is 0.481 e. The van der Waals surface area contributed by atoms with E-state index in [1.807, 2.05) is 55.5 Å². The average molecular weight is 467 g/mol. The molecule has 2 aliphatic rings. The molecule has 180 valence electrons. The molecule has 1 fully saturated rings. The Morgan fingerprint density at radius 2 is 1.68 bits per heavy atom. The van der Waals surface area contributed by atoms with Gasteiger partial charge >= 0.3 is 12.1 Å². The molecule has 8 heteroatoms. The predicted octanol–water partition coefficient (Wildman–Crippen LogP) is 2.85. The van der Waals surface area contributed by atoms with Gasteiger partial charge in [0.2, 0.25) is 5.91 Å². The number of nitrogens with zero attached hydrogens (tertiary/aromatic N) is 1. The van der Waals surface area contributed by atoms with Crippen molar-refractivity contribution in [3.8, 4) is 11.1 Å². The Morgan fingerprint density at radius 1 is 1.06 bits per heavy atom. The number of aliphatic hydroxyl groups is 1. The van der Waals surface area contributed by atoms with Crippen LogP contribution in [-0.4, -0.2) is 65.4 Å². The van der Waals surface area contributed by atoms with Crippen LogP contribution in [0, 0.1) is 11.8 Å². The first-order chi connectivity index (χ1) is 16.4. The molecule has 2 aromatic carbocycles. The lowest BCUT2D eigenvalue weighted by Gasteiger charge is -2.24. The number of aliphatic carboxylic acids is 1. The fraction of sp³-hybridized carbons (Fsp3) is 0.423. The molecule has 34 heavy (non-hydrogen) atoms. The zero-order chi connectivity index (χ0) is 24.2. The number of fused-ring (bicyclic) bond motifs is 3. The molecule has 8 nitrogen and oxygen atoms in total. The van der Waals surface area contributed by atoms with E-state index in [-0.39, 0.29) is 49.7 Å². The minimum atomic E-state index is -1.05. The smallest absolute Gasteiger partial charge is 0.407 e. The molecular formula is C26H30N2O6. The van der Waals surface area contributed by atoms with Crippen LogP contribution in [0.3, 0.4) is 0 Å². The second kappa shape index (κ2) is 10.3. The first-order valence-corrected chi connectivity index (χ1v) is 11.6. The highest BCUT2D eigenvalue weighted by Gasteiger charge is 2.36. The quantitative estimate of drug-likeness (QED) is 0.551. The monoisotopic (exact) mass is 466 g/mol. The Labute approximate surface area is 198 Å². The third-order valence-electron chi connectivity index (χ3n) is 6.89. The molecule has 1 aliphatic carbocycles. The molecule has 0 radical (unpaired) electrons. The standard InChI is InChI=1S/C26H30N2O6/c1-16-12-28(13-17(16)14-29)25(32)23(10-11-24(30)31)27-26(33)34-15-22-20-8-4-2-6-18(20)19-7-3-5-9-21(19)22/h2-9,16-17,22-23,29H,10-15H2,1H3,(H,27,33)(H,30,31). The summed E-state index contributed by atoms with van der Waals surface area (Å²) in [6.07, 6.45) is -1.04. The van der Waals surface area contributed by atoms with Gasteiger partial charge in [0.05, 0.1) is 0 Å². The minimum Gasteiger partial charge on any atom is -0.481 e. The lowest BCUT2D eigenvalue weighted by molar-refractivity contribution is -0.137. The molecular weight excluding hydrogens is 436 g/mol. The van der Waals surface area contributed by atoms with E-state index in [2.05, 4.69) is 5.32 Å². The van der Waals surface area contributed by atoms with Crippen molar-refractivity contribution in [1.29, 1.82) is 0 Å². The summed E-state index contributed by atoms with van der Waals surface area (Å²) in [6.45, 7) is 2.88. The number of hydrogen-bond donors (Lipinski definition) is 3. The molecule has 3 unspecified atom stereocenters. The van der Waals surface area contributed by atoms with Gasteiger partial charge in [0.25, 0.3) is 0 Å². The van der Waals surface area contributed by atoms with E-state index in [0.29, 0.717) is 13.1 Å². The maximum absolute atomic E-state index is 13.1. The van der Waals surface area contributed by atoms with E-state index in [1.165, 1.54) is 0 Å². The van der Waals surface area contributed by atoms with Gasteiger partial charge in [0.1, 0.15) is 12.6 Å². The van der Waals surface area contributed by atoms with Gasteiger partial charge in [-0.05, 0) is 34.6 Å². The van der Waals surface area contributed by atoms with E-state index >= 15 is 0 Å². The third kappa shape index (κ3) is 4.92. The van der Waals surface area contributed by atoms with Crippen LogP contribution in [0.1, 0.15) is 36.8 Å². The van der Waals surface area contributed by atoms with E-state index in [4.69, 9.17) is 9.84 Å². The zero-order valence-corrected chi connectivity index (χ0v) is 19.1. The van der Waals surface area contributed by atoms with Crippen LogP contribution in [0.25, 0.3) is 11.1 Å². The molecule has 0 saturated carbocycles. The predicted molar refractivity (Wildman–Crippen MR) is 125 cm³/mol. The Balaban J connectivity index is 1.42. The molecule has 2 amide bonds. The van der Waals surface area contributed by atoms with Crippen molar-refractivity contribution in [2.24, 2.45) is 11.8 Å². The highest BCUT2D eigenvalue weighted by Crippen LogP contribution is 2.44. The molecule has 2 aromatic rings. The molecule has 0 bridgehead atoms. The summed E-state index contributed by atoms with van der Waals surface area (Å²) in [4.78, 5) is 38.5. The van der Waals surface area contributed by atoms with Gasteiger partial charge in [0, 0.05) is 38.0 Å². The molecule has 3 atom stereocenters. The van der Waals surface area contributed by atoms with Crippen LogP contribution < -0.4 is 5.32 Å². The Kier molecular flexibility index (Phi) is 7.17. The van der Waals surface area contributed by atoms with E-state index in [1.54, 1.807) is 4.90 Å². The number of benzene rings is 2. The van der Waals surface area contributed by atoms with Gasteiger partial charge in [0.15, 0.2) is 0 Å². The van der Waals surface area contributed by atoms with Gasteiger partial charge in [-0.25, -0.2) is 4.79 Å². The maximum atomic E-state index is 13.1. The molecule has 3 N–H and O–H groups in total. The van der Waals surface area contributed by atoms with Crippen LogP contribution in [0.15, 0.2) is 48.5 Å². The van der Waals surface area contributed by atoms with Crippen molar-refractivity contribution in [1.82, 2.24) is 10.2 Å². The van der Waals surface area contributed by atoms with Crippen molar-refractivity contribution in [2.75, 3.05) is 26.3 Å². The lowest BCUT2D eigenvalue weighted by Crippen LogP contribution is -2.48. The van der Waals surface area contributed by atoms with Crippen LogP contribution in [-0.2, 0) is 14.3 Å². The summed E-state index contributed by atoms with van der Waals surface area (Å²) in [7, 11) is 0. The molecule has 1 aliphatic heterocycles. The molecule has 1 saturated heterocycles. The van der Waals surface area contributed by atoms with Gasteiger partial charge < -0.3 is 25.2 Å². The summed E-state index contributed by atoms with van der Waals surface area (Å²) >= 11 is 0. The fourth-order valence-electron chi connectivity index (χ4n) is 4.98. The number of carboxylic acid groups (broad SMARTS) is 1. The number of ether oxygens (including phenoxy) is 1. The van der Waals surface area contributed by atoms with E-state index in [0.717, 1.165) is 22.3 Å². The number of likely N-dealkylation sites (tertiary alicyclic amines) is 1. The first-order valence-electron chi connectivity index (χ1n) is 11.6. The van der Waals surface area contributed by atoms with Gasteiger partial charge in [-0.2, -0.15) is 0 Å². The number of nitrogens with one attached hydrogen (secondary N) is 1. The Morgan fingerprint density at radius 3 is 2.24 bits per heavy atom. The summed E-state index contributed by atoms with van der Waals surface area (Å²) < 4.78 is 5.54. The van der Waals surface area contributed by atoms with Gasteiger partial charge in [-0.1, -0.05) is 55.5 Å². The number of carbonyl (C=O) groups is 3. The number of carboxylic acids is 1. The highest BCUT2D eigenvalue weighted by atomic mass is 16.5. The summed E-state index contributed by atoms with van der Waals surface area (Å²) in [6, 6.07) is 15.0. The molecule has 0 spiro atoms. The zero-order valence-electron chi connectivity index (χ0n) is 19.1. The lowest BCUT2D eigenvalue weighted by atomic mass is 9.98. The number of rotatable bonds is 8. The van der Waals surface area contributed by atoms with Crippen LogP contribution in [0.2, 0.25) is 0 Å². The van der Waals surface area contributed by atoms with Gasteiger partial charge in [-0.3, -0.25) is 9.59 Å². The number of carbonyl (C=O) groups excluding carboxylic acids is 2. The summed E-state index contributed by atoms with van der Waals surface area (Å²) in [5.74, 6) is -1.41. The number of aliphatic hydroxyl groups excluding tert-OH is 1. The van der Waals surface area contributed by atoms with E-state index < -0.39 is 18.1 Å². The number of alkyl carbamates (subject to hydrolysis) is 1. The second-order valence-electron chi connectivity index (χ2n) is 9.12. The van der Waals surface area contributed by atoms with Crippen molar-refractivity contribution in [3.05, 3.63) is 59.7 Å². The average Bonchev–Trinajstić information content (AvgIpc) is 3.37. The van der Waals surface area contributed by atoms with Crippen LogP contribution in [0.5, 0.6) is 0 Å². The number of hydrogen-bond acceptors (Lipinski definition) is 5. The Bertz CT molecular complexity index is 1030. The summed E-state index contributed by atoms with van der Waals surface area (Å²) in [5.41, 5.74) is 4.39. The maximum Gasteiger partial charge on any atom is 0.407 e. The van der Waals surface area contributed by atoms with Crippen LogP contribution in [0.4, 0.5) is 4.79 Å². The van der Waals surface area contributed by atoms with E-state index in [9.17, 15) is 19.5 Å². The Hall–Kier alpha value is -3.39. The third-order valence-corrected chi connectivity index (χ3v) is 6.89. The fourth-order valence-corrected chi connectivity index (χ4v) is 4.98. The minimum absolute atomic E-state index is 0.0233. The normalized spacial score (nSPS) is 19.9. The summed E-state index contributed by atoms with van der Waals surface area (Å²) in [5, 5.41) is 21.2. The molecule has 1 heterocycles. The van der Waals surface area contributed by atoms with Crippen molar-refractivity contribution in [3.63, 3.8) is 0 Å². The first kappa shape index (κ1) is 23.8. The molecule has 4 rings (SSSR count). The number of amides is 2. The van der Waals surface area contributed by atoms with Crippen molar-refractivity contribution >= 4 is 18.0 Å². The SMILES string of the molecule is CC1CN(C(=O)C(CCC(=O)O)NC(=O)OCC2c3ccccc3-c3ccccc32)CC1CO. The van der Waals surface area contributed by atoms with Gasteiger partial charge in [-0.15, -0.1) is 0 Å². The van der Waals surface area contributed by atoms with Crippen molar-refractivity contribution in [2.45, 2.75) is 31.7 Å². The second-order valence-corrected chi connectivity index (χ2v) is 9.12. The highest BCUT2D eigenvalue weighted by molar-refractivity contribution is 5.86. The molecule has 0 aromatic heterocycles. The topological polar surface area (TPSA) is 116 Å². The van der Waals surface area contributed by atoms with Crippen molar-refractivity contribution < 1.29 is 29.3 Å².